The molecule has 1 aromatic carbocycles. The van der Waals surface area contributed by atoms with Gasteiger partial charge >= 0.3 is 0 Å². The van der Waals surface area contributed by atoms with Crippen LogP contribution < -0.4 is 4.74 Å². The van der Waals surface area contributed by atoms with Crippen molar-refractivity contribution in [2.24, 2.45) is 0 Å². The van der Waals surface area contributed by atoms with Gasteiger partial charge in [-0.15, -0.1) is 0 Å². The minimum atomic E-state index is -1.43. The van der Waals surface area contributed by atoms with Crippen molar-refractivity contribution >= 4 is 0 Å². The van der Waals surface area contributed by atoms with Crippen LogP contribution in [0.3, 0.4) is 0 Å². The Kier molecular flexibility index (Phi) is 9.51. The summed E-state index contributed by atoms with van der Waals surface area (Å²) in [7, 11) is 0. The normalized spacial score (nSPS) is 26.3. The van der Waals surface area contributed by atoms with Crippen molar-refractivity contribution in [2.45, 2.75) is 76.3 Å². The number of hydrogen-bond acceptors (Lipinski definition) is 6. The van der Waals surface area contributed by atoms with E-state index >= 15 is 0 Å². The van der Waals surface area contributed by atoms with Gasteiger partial charge in [-0.1, -0.05) is 63.6 Å². The lowest BCUT2D eigenvalue weighted by Gasteiger charge is -2.39. The van der Waals surface area contributed by atoms with Crippen molar-refractivity contribution in [3.63, 3.8) is 0 Å². The maximum atomic E-state index is 10.3. The van der Waals surface area contributed by atoms with Gasteiger partial charge in [0.25, 0.3) is 0 Å². The number of ether oxygens (including phenoxy) is 2. The molecule has 27 heavy (non-hydrogen) atoms. The average Bonchev–Trinajstić information content (AvgIpc) is 2.69. The second-order valence-electron chi connectivity index (χ2n) is 7.10. The number of benzene rings is 1. The molecule has 6 heteroatoms. The predicted molar refractivity (Wildman–Crippen MR) is 102 cm³/mol. The molecule has 0 saturated carbocycles. The number of hydrogen-bond donors (Lipinski definition) is 4. The molecular formula is C21H33O6. The molecule has 0 spiro atoms. The van der Waals surface area contributed by atoms with Crippen LogP contribution in [0.1, 0.15) is 57.4 Å². The predicted octanol–water partition coefficient (Wildman–Crippen LogP) is 2.17. The molecule has 4 atom stereocenters. The van der Waals surface area contributed by atoms with Gasteiger partial charge in [-0.25, -0.2) is 0 Å². The third-order valence-electron chi connectivity index (χ3n) is 4.94. The van der Waals surface area contributed by atoms with Crippen LogP contribution in [0.4, 0.5) is 0 Å². The first-order valence-electron chi connectivity index (χ1n) is 10.0. The highest BCUT2D eigenvalue weighted by molar-refractivity contribution is 5.43. The molecule has 1 radical (unpaired) electrons. The van der Waals surface area contributed by atoms with Gasteiger partial charge in [0.05, 0.1) is 13.2 Å². The van der Waals surface area contributed by atoms with Gasteiger partial charge in [0.15, 0.2) is 6.10 Å². The molecular weight excluding hydrogens is 348 g/mol. The lowest BCUT2D eigenvalue weighted by Crippen LogP contribution is -2.55. The number of aliphatic hydroxyl groups is 4. The maximum absolute atomic E-state index is 10.3. The molecule has 1 heterocycles. The summed E-state index contributed by atoms with van der Waals surface area (Å²) >= 11 is 0. The molecule has 2 rings (SSSR count). The number of aliphatic hydroxyl groups excluding tert-OH is 4. The molecule has 1 aliphatic heterocycles. The fraction of sp³-hybridized carbons (Fsp3) is 0.667. The van der Waals surface area contributed by atoms with Crippen LogP contribution in [-0.4, -0.2) is 58.1 Å². The quantitative estimate of drug-likeness (QED) is 0.439. The molecule has 0 bridgehead atoms. The summed E-state index contributed by atoms with van der Waals surface area (Å²) in [6, 6.07) is 7.13. The highest BCUT2D eigenvalue weighted by Crippen LogP contribution is 2.36. The van der Waals surface area contributed by atoms with E-state index in [9.17, 15) is 20.4 Å². The third kappa shape index (κ3) is 6.16. The Hall–Kier alpha value is -1.18. The number of unbranched alkanes of at least 4 members (excludes halogenated alkanes) is 6. The third-order valence-corrected chi connectivity index (χ3v) is 4.94. The first-order valence-corrected chi connectivity index (χ1v) is 10.0. The van der Waals surface area contributed by atoms with Gasteiger partial charge in [0.1, 0.15) is 30.2 Å². The summed E-state index contributed by atoms with van der Waals surface area (Å²) < 4.78 is 11.4. The molecule has 4 N–H and O–H groups in total. The van der Waals surface area contributed by atoms with Gasteiger partial charge in [-0.05, 0) is 12.5 Å². The topological polar surface area (TPSA) is 99.4 Å². The molecule has 0 aromatic heterocycles. The van der Waals surface area contributed by atoms with E-state index in [1.807, 2.05) is 6.07 Å². The largest absolute Gasteiger partial charge is 0.493 e. The average molecular weight is 381 g/mol. The van der Waals surface area contributed by atoms with Crippen molar-refractivity contribution in [1.82, 2.24) is 0 Å². The molecule has 153 valence electrons. The Labute approximate surface area is 161 Å². The van der Waals surface area contributed by atoms with Gasteiger partial charge < -0.3 is 29.9 Å². The van der Waals surface area contributed by atoms with Crippen molar-refractivity contribution < 1.29 is 29.9 Å². The lowest BCUT2D eigenvalue weighted by atomic mass is 9.91. The standard InChI is InChI=1S/C21H33O6/c1-2-3-4-5-6-7-10-13-26-16-12-9-8-11-15(16)21-20(25)19(24)18(23)17(14-22)27-21/h8-9,11-12,17-20,22-25H,2-7,10,13-14H2,1H3/t17-,18-,19+,20+/m1/s1. The Morgan fingerprint density at radius 1 is 0.926 bits per heavy atom. The van der Waals surface area contributed by atoms with Crippen molar-refractivity contribution in [3.8, 4) is 5.75 Å². The SMILES string of the molecule is CCCCCCCCCOc1ccccc1[C]1O[C@H](CO)[C@@H](O)[C@H](O)[C@@H]1O. The Morgan fingerprint density at radius 3 is 2.30 bits per heavy atom. The van der Waals surface area contributed by atoms with E-state index in [1.165, 1.54) is 32.1 Å². The van der Waals surface area contributed by atoms with Gasteiger partial charge in [0, 0.05) is 5.56 Å². The molecule has 6 nitrogen and oxygen atoms in total. The fourth-order valence-electron chi connectivity index (χ4n) is 3.27. The second-order valence-corrected chi connectivity index (χ2v) is 7.10. The van der Waals surface area contributed by atoms with Crippen LogP contribution in [0.25, 0.3) is 0 Å². The summed E-state index contributed by atoms with van der Waals surface area (Å²) in [4.78, 5) is 0. The van der Waals surface area contributed by atoms with E-state index in [-0.39, 0.29) is 6.10 Å². The lowest BCUT2D eigenvalue weighted by molar-refractivity contribution is -0.184. The van der Waals surface area contributed by atoms with Crippen LogP contribution in [0, 0.1) is 6.10 Å². The first kappa shape index (κ1) is 22.1. The van der Waals surface area contributed by atoms with Crippen molar-refractivity contribution in [2.75, 3.05) is 13.2 Å². The molecule has 1 saturated heterocycles. The monoisotopic (exact) mass is 381 g/mol. The van der Waals surface area contributed by atoms with Gasteiger partial charge in [-0.2, -0.15) is 0 Å². The van der Waals surface area contributed by atoms with Crippen LogP contribution >= 0.6 is 0 Å². The van der Waals surface area contributed by atoms with Crippen LogP contribution in [-0.2, 0) is 4.74 Å². The van der Waals surface area contributed by atoms with E-state index in [1.54, 1.807) is 18.2 Å². The van der Waals surface area contributed by atoms with E-state index in [2.05, 4.69) is 6.92 Å². The summed E-state index contributed by atoms with van der Waals surface area (Å²) in [6.45, 7) is 2.30. The molecule has 1 aromatic rings. The summed E-state index contributed by atoms with van der Waals surface area (Å²) in [5.74, 6) is 0.554. The van der Waals surface area contributed by atoms with Crippen LogP contribution in [0.2, 0.25) is 0 Å². The van der Waals surface area contributed by atoms with E-state index in [0.29, 0.717) is 17.9 Å². The second kappa shape index (κ2) is 11.6. The van der Waals surface area contributed by atoms with Crippen molar-refractivity contribution in [1.29, 1.82) is 0 Å². The first-order chi connectivity index (χ1) is 13.1. The minimum absolute atomic E-state index is 0.113. The minimum Gasteiger partial charge on any atom is -0.493 e. The van der Waals surface area contributed by atoms with Gasteiger partial charge in [-0.3, -0.25) is 0 Å². The van der Waals surface area contributed by atoms with E-state index in [0.717, 1.165) is 12.8 Å². The summed E-state index contributed by atoms with van der Waals surface area (Å²) in [6.07, 6.45) is 3.29. The summed E-state index contributed by atoms with van der Waals surface area (Å²) in [5, 5.41) is 39.6. The molecule has 1 fully saturated rings. The Balaban J connectivity index is 1.91. The zero-order valence-corrected chi connectivity index (χ0v) is 16.1. The highest BCUT2D eigenvalue weighted by Gasteiger charge is 2.45. The smallest absolute Gasteiger partial charge is 0.161 e. The fourth-order valence-corrected chi connectivity index (χ4v) is 3.27. The van der Waals surface area contributed by atoms with Crippen LogP contribution in [0.15, 0.2) is 24.3 Å². The Morgan fingerprint density at radius 2 is 1.59 bits per heavy atom. The number of para-hydroxylation sites is 1. The highest BCUT2D eigenvalue weighted by atomic mass is 16.5. The van der Waals surface area contributed by atoms with Crippen LogP contribution in [0.5, 0.6) is 5.75 Å². The van der Waals surface area contributed by atoms with E-state index < -0.39 is 31.0 Å². The summed E-state index contributed by atoms with van der Waals surface area (Å²) in [5.41, 5.74) is 0.525. The maximum Gasteiger partial charge on any atom is 0.161 e. The molecule has 1 aliphatic rings. The zero-order valence-electron chi connectivity index (χ0n) is 16.1. The molecule has 0 unspecified atom stereocenters. The Bertz CT molecular complexity index is 535. The van der Waals surface area contributed by atoms with Crippen molar-refractivity contribution in [3.05, 3.63) is 35.9 Å². The zero-order chi connectivity index (χ0) is 19.6. The number of rotatable bonds is 11. The van der Waals surface area contributed by atoms with E-state index in [4.69, 9.17) is 9.47 Å². The molecule has 0 aliphatic carbocycles. The molecule has 0 amide bonds. The van der Waals surface area contributed by atoms with Gasteiger partial charge in [0.2, 0.25) is 0 Å².